The van der Waals surface area contributed by atoms with E-state index < -0.39 is 0 Å². The normalized spacial score (nSPS) is 12.7. The Kier molecular flexibility index (Phi) is 4.74. The molecule has 1 unspecified atom stereocenters. The Morgan fingerprint density at radius 2 is 1.95 bits per heavy atom. The summed E-state index contributed by atoms with van der Waals surface area (Å²) >= 11 is 18.2. The molecule has 0 saturated heterocycles. The largest absolute Gasteiger partial charge is 0.444 e. The minimum absolute atomic E-state index is 0.0418. The van der Waals surface area contributed by atoms with Crippen LogP contribution >= 0.6 is 34.8 Å². The highest BCUT2D eigenvalue weighted by Crippen LogP contribution is 2.31. The van der Waals surface area contributed by atoms with Crippen molar-refractivity contribution in [1.82, 2.24) is 10.3 Å². The van der Waals surface area contributed by atoms with Crippen LogP contribution in [0.25, 0.3) is 0 Å². The van der Waals surface area contributed by atoms with E-state index in [2.05, 4.69) is 10.3 Å². The van der Waals surface area contributed by atoms with E-state index in [1.807, 2.05) is 13.8 Å². The first-order valence-electron chi connectivity index (χ1n) is 5.77. The molecule has 0 spiro atoms. The van der Waals surface area contributed by atoms with Gasteiger partial charge in [-0.3, -0.25) is 0 Å². The lowest BCUT2D eigenvalue weighted by atomic mass is 10.2. The lowest BCUT2D eigenvalue weighted by Crippen LogP contribution is -2.18. The van der Waals surface area contributed by atoms with Crippen LogP contribution in [0, 0.1) is 6.92 Å². The summed E-state index contributed by atoms with van der Waals surface area (Å²) in [5, 5.41) is 4.79. The molecule has 1 aromatic heterocycles. The summed E-state index contributed by atoms with van der Waals surface area (Å²) in [5.41, 5.74) is 0.769. The molecule has 0 amide bonds. The minimum atomic E-state index is -0.0418. The second-order valence-corrected chi connectivity index (χ2v) is 5.43. The van der Waals surface area contributed by atoms with Gasteiger partial charge in [-0.1, -0.05) is 34.8 Å². The molecule has 19 heavy (non-hydrogen) atoms. The van der Waals surface area contributed by atoms with Gasteiger partial charge in [0.25, 0.3) is 0 Å². The molecule has 0 aliphatic carbocycles. The molecule has 1 atom stereocenters. The van der Waals surface area contributed by atoms with Gasteiger partial charge >= 0.3 is 0 Å². The fourth-order valence-corrected chi connectivity index (χ4v) is 2.33. The van der Waals surface area contributed by atoms with Gasteiger partial charge in [-0.25, -0.2) is 4.98 Å². The zero-order valence-electron chi connectivity index (χ0n) is 10.5. The topological polar surface area (TPSA) is 38.1 Å². The number of hydrogen-bond acceptors (Lipinski definition) is 3. The van der Waals surface area contributed by atoms with Crippen molar-refractivity contribution in [2.75, 3.05) is 0 Å². The van der Waals surface area contributed by atoms with Crippen molar-refractivity contribution in [2.24, 2.45) is 0 Å². The van der Waals surface area contributed by atoms with Crippen LogP contribution in [0.5, 0.6) is 0 Å². The first-order chi connectivity index (χ1) is 8.99. The second kappa shape index (κ2) is 6.14. The molecule has 0 radical (unpaired) electrons. The third kappa shape index (κ3) is 3.42. The highest BCUT2D eigenvalue weighted by Gasteiger charge is 2.14. The van der Waals surface area contributed by atoms with Gasteiger partial charge in [0.05, 0.1) is 22.3 Å². The molecule has 0 saturated carbocycles. The summed E-state index contributed by atoms with van der Waals surface area (Å²) in [6.45, 7) is 4.30. The number of nitrogens with zero attached hydrogens (tertiary/aromatic N) is 1. The van der Waals surface area contributed by atoms with Crippen molar-refractivity contribution in [3.05, 3.63) is 50.6 Å². The predicted octanol–water partition coefficient (Wildman–Crippen LogP) is 4.79. The molecule has 1 heterocycles. The minimum Gasteiger partial charge on any atom is -0.444 e. The molecule has 102 valence electrons. The summed E-state index contributed by atoms with van der Waals surface area (Å²) in [5.74, 6) is 1.41. The maximum absolute atomic E-state index is 6.14. The van der Waals surface area contributed by atoms with E-state index in [1.54, 1.807) is 18.3 Å². The number of rotatable bonds is 4. The van der Waals surface area contributed by atoms with E-state index >= 15 is 0 Å². The van der Waals surface area contributed by atoms with Gasteiger partial charge in [-0.15, -0.1) is 0 Å². The Bertz CT molecular complexity index is 583. The first kappa shape index (κ1) is 14.7. The zero-order valence-corrected chi connectivity index (χ0v) is 12.8. The van der Waals surface area contributed by atoms with Crippen LogP contribution in [0.3, 0.4) is 0 Å². The Balaban J connectivity index is 2.09. The van der Waals surface area contributed by atoms with Crippen molar-refractivity contribution >= 4 is 34.8 Å². The number of oxazole rings is 1. The van der Waals surface area contributed by atoms with Crippen LogP contribution in [0.1, 0.15) is 30.2 Å². The monoisotopic (exact) mass is 318 g/mol. The summed E-state index contributed by atoms with van der Waals surface area (Å²) in [6.07, 6.45) is 1.69. The molecule has 0 aliphatic rings. The second-order valence-electron chi connectivity index (χ2n) is 4.23. The smallest absolute Gasteiger partial charge is 0.211 e. The number of aromatic nitrogens is 1. The van der Waals surface area contributed by atoms with Gasteiger partial charge in [0.2, 0.25) is 5.89 Å². The fourth-order valence-electron chi connectivity index (χ4n) is 1.65. The van der Waals surface area contributed by atoms with Gasteiger partial charge in [0.1, 0.15) is 5.76 Å². The zero-order chi connectivity index (χ0) is 14.0. The van der Waals surface area contributed by atoms with E-state index in [-0.39, 0.29) is 6.04 Å². The number of aryl methyl sites for hydroxylation is 1. The third-order valence-corrected chi connectivity index (χ3v) is 3.93. The maximum atomic E-state index is 6.14. The van der Waals surface area contributed by atoms with E-state index in [0.717, 1.165) is 11.3 Å². The maximum Gasteiger partial charge on any atom is 0.211 e. The molecule has 1 N–H and O–H groups in total. The van der Waals surface area contributed by atoms with Crippen molar-refractivity contribution in [3.8, 4) is 0 Å². The Morgan fingerprint density at radius 1 is 1.26 bits per heavy atom. The number of nitrogens with one attached hydrogen (secondary N) is 1. The summed E-state index contributed by atoms with van der Waals surface area (Å²) < 4.78 is 5.45. The molecular formula is C13H13Cl3N2O. The highest BCUT2D eigenvalue weighted by atomic mass is 35.5. The van der Waals surface area contributed by atoms with Crippen LogP contribution in [0.15, 0.2) is 22.7 Å². The predicted molar refractivity (Wildman–Crippen MR) is 78.0 cm³/mol. The molecular weight excluding hydrogens is 307 g/mol. The molecule has 3 nitrogen and oxygen atoms in total. The van der Waals surface area contributed by atoms with Crippen molar-refractivity contribution in [2.45, 2.75) is 26.4 Å². The van der Waals surface area contributed by atoms with Crippen molar-refractivity contribution < 1.29 is 4.42 Å². The van der Waals surface area contributed by atoms with Crippen LogP contribution < -0.4 is 5.32 Å². The highest BCUT2D eigenvalue weighted by molar-refractivity contribution is 6.44. The summed E-state index contributed by atoms with van der Waals surface area (Å²) in [7, 11) is 0. The van der Waals surface area contributed by atoms with Gasteiger partial charge in [-0.2, -0.15) is 0 Å². The number of benzene rings is 1. The third-order valence-electron chi connectivity index (χ3n) is 2.73. The summed E-state index contributed by atoms with van der Waals surface area (Å²) in [4.78, 5) is 4.17. The van der Waals surface area contributed by atoms with Gasteiger partial charge in [-0.05, 0) is 26.0 Å². The van der Waals surface area contributed by atoms with E-state index in [9.17, 15) is 0 Å². The summed E-state index contributed by atoms with van der Waals surface area (Å²) in [6, 6.07) is 3.36. The van der Waals surface area contributed by atoms with Crippen LogP contribution in [0.2, 0.25) is 15.1 Å². The SMILES string of the molecule is Cc1cnc(C(C)NCc2c(Cl)ccc(Cl)c2Cl)o1. The molecule has 2 aromatic rings. The number of halogens is 3. The molecule has 0 bridgehead atoms. The van der Waals surface area contributed by atoms with E-state index in [4.69, 9.17) is 39.2 Å². The Hall–Kier alpha value is -0.740. The lowest BCUT2D eigenvalue weighted by molar-refractivity contribution is 0.402. The molecule has 1 aromatic carbocycles. The fraction of sp³-hybridized carbons (Fsp3) is 0.308. The lowest BCUT2D eigenvalue weighted by Gasteiger charge is -2.13. The first-order valence-corrected chi connectivity index (χ1v) is 6.90. The Labute approximate surface area is 126 Å². The average Bonchev–Trinajstić information content (AvgIpc) is 2.80. The molecule has 0 fully saturated rings. The van der Waals surface area contributed by atoms with Gasteiger partial charge in [0.15, 0.2) is 0 Å². The van der Waals surface area contributed by atoms with Crippen molar-refractivity contribution in [1.29, 1.82) is 0 Å². The van der Waals surface area contributed by atoms with Gasteiger partial charge < -0.3 is 9.73 Å². The average molecular weight is 320 g/mol. The van der Waals surface area contributed by atoms with E-state index in [0.29, 0.717) is 27.5 Å². The van der Waals surface area contributed by atoms with Crippen LogP contribution in [0.4, 0.5) is 0 Å². The van der Waals surface area contributed by atoms with Crippen molar-refractivity contribution in [3.63, 3.8) is 0 Å². The Morgan fingerprint density at radius 3 is 2.58 bits per heavy atom. The standard InChI is InChI=1S/C13H13Cl3N2O/c1-7-5-18-13(19-7)8(2)17-6-9-10(14)3-4-11(15)12(9)16/h3-5,8,17H,6H2,1-2H3. The number of hydrogen-bond donors (Lipinski definition) is 1. The van der Waals surface area contributed by atoms with E-state index in [1.165, 1.54) is 0 Å². The molecule has 0 aliphatic heterocycles. The van der Waals surface area contributed by atoms with Crippen LogP contribution in [-0.2, 0) is 6.54 Å². The van der Waals surface area contributed by atoms with Gasteiger partial charge in [0, 0.05) is 17.1 Å². The quantitative estimate of drug-likeness (QED) is 0.823. The molecule has 6 heteroatoms. The molecule has 2 rings (SSSR count). The van der Waals surface area contributed by atoms with Crippen LogP contribution in [-0.4, -0.2) is 4.98 Å².